The molecule has 0 fully saturated rings. The molecule has 0 bridgehead atoms. The Morgan fingerprint density at radius 1 is 1.00 bits per heavy atom. The lowest BCUT2D eigenvalue weighted by molar-refractivity contribution is 0.318. The van der Waals surface area contributed by atoms with E-state index in [4.69, 9.17) is 5.21 Å². The van der Waals surface area contributed by atoms with Crippen LogP contribution in [0.5, 0.6) is 0 Å². The van der Waals surface area contributed by atoms with Gasteiger partial charge in [-0.25, -0.2) is 0 Å². The van der Waals surface area contributed by atoms with Gasteiger partial charge in [-0.05, 0) is 19.3 Å². The fourth-order valence-electron chi connectivity index (χ4n) is 2.10. The van der Waals surface area contributed by atoms with E-state index < -0.39 is 0 Å². The highest BCUT2D eigenvalue weighted by atomic mass is 16.4. The Labute approximate surface area is 93.1 Å². The molecular formula is C13H23NO. The Hall–Kier alpha value is -0.790. The molecule has 0 saturated carbocycles. The fraction of sp³-hybridized carbons (Fsp3) is 0.769. The van der Waals surface area contributed by atoms with Gasteiger partial charge in [-0.2, -0.15) is 0 Å². The molecule has 15 heavy (non-hydrogen) atoms. The molecule has 1 unspecified atom stereocenters. The van der Waals surface area contributed by atoms with Crippen LogP contribution in [-0.2, 0) is 0 Å². The Kier molecular flexibility index (Phi) is 6.97. The van der Waals surface area contributed by atoms with Crippen molar-refractivity contribution in [2.45, 2.75) is 57.8 Å². The second-order valence-corrected chi connectivity index (χ2v) is 4.41. The zero-order valence-electron chi connectivity index (χ0n) is 9.57. The molecule has 2 nitrogen and oxygen atoms in total. The lowest BCUT2D eigenvalue weighted by Crippen LogP contribution is -1.98. The standard InChI is InChI=1S/C13H23NO/c15-14-12-13-10-8-6-4-2-1-3-5-7-9-11-13/h8,10,12-13,15H,1-7,9,11H2. The summed E-state index contributed by atoms with van der Waals surface area (Å²) >= 11 is 0. The van der Waals surface area contributed by atoms with Crippen LogP contribution in [0.25, 0.3) is 0 Å². The third-order valence-corrected chi connectivity index (χ3v) is 3.05. The minimum Gasteiger partial charge on any atom is -0.411 e. The molecule has 0 spiro atoms. The first-order chi connectivity index (χ1) is 7.43. The lowest BCUT2D eigenvalue weighted by atomic mass is 9.98. The minimum atomic E-state index is 0.342. The van der Waals surface area contributed by atoms with Crippen LogP contribution in [-0.4, -0.2) is 11.4 Å². The molecule has 0 amide bonds. The SMILES string of the molecule is ON=CC1C=CCCCCCCCCC1. The van der Waals surface area contributed by atoms with Gasteiger partial charge in [0.25, 0.3) is 0 Å². The quantitative estimate of drug-likeness (QED) is 0.299. The number of hydrogen-bond donors (Lipinski definition) is 1. The largest absolute Gasteiger partial charge is 0.411 e. The second-order valence-electron chi connectivity index (χ2n) is 4.41. The van der Waals surface area contributed by atoms with Crippen molar-refractivity contribution in [1.82, 2.24) is 0 Å². The Bertz CT molecular complexity index is 199. The van der Waals surface area contributed by atoms with E-state index in [1.165, 1.54) is 51.4 Å². The molecule has 1 N–H and O–H groups in total. The summed E-state index contributed by atoms with van der Waals surface area (Å²) in [4.78, 5) is 0. The molecule has 1 aliphatic rings. The molecule has 0 aliphatic heterocycles. The van der Waals surface area contributed by atoms with E-state index in [1.807, 2.05) is 0 Å². The first kappa shape index (κ1) is 12.3. The summed E-state index contributed by atoms with van der Waals surface area (Å²) in [6, 6.07) is 0. The van der Waals surface area contributed by atoms with Crippen LogP contribution < -0.4 is 0 Å². The highest BCUT2D eigenvalue weighted by molar-refractivity contribution is 5.62. The van der Waals surface area contributed by atoms with Crippen molar-refractivity contribution < 1.29 is 5.21 Å². The number of oxime groups is 1. The van der Waals surface area contributed by atoms with Gasteiger partial charge < -0.3 is 5.21 Å². The normalized spacial score (nSPS) is 26.0. The smallest absolute Gasteiger partial charge is 0.0504 e. The van der Waals surface area contributed by atoms with E-state index in [-0.39, 0.29) is 0 Å². The van der Waals surface area contributed by atoms with Crippen LogP contribution in [0, 0.1) is 5.92 Å². The van der Waals surface area contributed by atoms with Gasteiger partial charge in [-0.3, -0.25) is 0 Å². The molecule has 0 aromatic heterocycles. The summed E-state index contributed by atoms with van der Waals surface area (Å²) in [5.41, 5.74) is 0. The van der Waals surface area contributed by atoms with E-state index in [0.29, 0.717) is 5.92 Å². The van der Waals surface area contributed by atoms with Crippen LogP contribution in [0.3, 0.4) is 0 Å². The maximum absolute atomic E-state index is 8.54. The van der Waals surface area contributed by atoms with Crippen molar-refractivity contribution in [2.24, 2.45) is 11.1 Å². The Morgan fingerprint density at radius 2 is 1.67 bits per heavy atom. The summed E-state index contributed by atoms with van der Waals surface area (Å²) in [5, 5.41) is 11.7. The fourth-order valence-corrected chi connectivity index (χ4v) is 2.10. The minimum absolute atomic E-state index is 0.342. The molecule has 1 aliphatic carbocycles. The van der Waals surface area contributed by atoms with E-state index in [1.54, 1.807) is 6.21 Å². The van der Waals surface area contributed by atoms with Crippen LogP contribution in [0.2, 0.25) is 0 Å². The molecule has 0 radical (unpaired) electrons. The van der Waals surface area contributed by atoms with Gasteiger partial charge >= 0.3 is 0 Å². The third kappa shape index (κ3) is 6.32. The van der Waals surface area contributed by atoms with Crippen molar-refractivity contribution in [3.8, 4) is 0 Å². The molecule has 1 rings (SSSR count). The van der Waals surface area contributed by atoms with Crippen LogP contribution in [0.1, 0.15) is 57.8 Å². The van der Waals surface area contributed by atoms with Gasteiger partial charge in [-0.15, -0.1) is 5.16 Å². The molecule has 86 valence electrons. The van der Waals surface area contributed by atoms with Crippen molar-refractivity contribution in [1.29, 1.82) is 0 Å². The monoisotopic (exact) mass is 209 g/mol. The second kappa shape index (κ2) is 8.51. The number of hydrogen-bond acceptors (Lipinski definition) is 2. The van der Waals surface area contributed by atoms with Crippen molar-refractivity contribution in [3.63, 3.8) is 0 Å². The van der Waals surface area contributed by atoms with Crippen LogP contribution >= 0.6 is 0 Å². The molecule has 1 atom stereocenters. The van der Waals surface area contributed by atoms with Crippen molar-refractivity contribution in [3.05, 3.63) is 12.2 Å². The number of rotatable bonds is 1. The zero-order chi connectivity index (χ0) is 10.8. The van der Waals surface area contributed by atoms with Gasteiger partial charge in [0.2, 0.25) is 0 Å². The predicted molar refractivity (Wildman–Crippen MR) is 64.5 cm³/mol. The van der Waals surface area contributed by atoms with Crippen molar-refractivity contribution in [2.75, 3.05) is 0 Å². The van der Waals surface area contributed by atoms with E-state index in [2.05, 4.69) is 17.3 Å². The highest BCUT2D eigenvalue weighted by Gasteiger charge is 2.02. The lowest BCUT2D eigenvalue weighted by Gasteiger charge is -2.08. The Morgan fingerprint density at radius 3 is 2.40 bits per heavy atom. The zero-order valence-corrected chi connectivity index (χ0v) is 9.57. The summed E-state index contributed by atoms with van der Waals surface area (Å²) in [6.07, 6.45) is 17.8. The first-order valence-electron chi connectivity index (χ1n) is 6.27. The summed E-state index contributed by atoms with van der Waals surface area (Å²) in [7, 11) is 0. The number of allylic oxidation sites excluding steroid dienone is 2. The molecule has 0 heterocycles. The maximum Gasteiger partial charge on any atom is 0.0504 e. The molecule has 0 aromatic rings. The summed E-state index contributed by atoms with van der Waals surface area (Å²) in [6.45, 7) is 0. The van der Waals surface area contributed by atoms with Gasteiger partial charge in [0.15, 0.2) is 0 Å². The average Bonchev–Trinajstić information content (AvgIpc) is 2.22. The molecule has 2 heteroatoms. The summed E-state index contributed by atoms with van der Waals surface area (Å²) in [5.74, 6) is 0.342. The van der Waals surface area contributed by atoms with Gasteiger partial charge in [-0.1, -0.05) is 50.7 Å². The number of nitrogens with zero attached hydrogens (tertiary/aromatic N) is 1. The Balaban J connectivity index is 2.37. The predicted octanol–water partition coefficient (Wildman–Crippen LogP) is 4.14. The van der Waals surface area contributed by atoms with Gasteiger partial charge in [0.05, 0.1) is 6.21 Å². The first-order valence-corrected chi connectivity index (χ1v) is 6.27. The molecule has 0 saturated heterocycles. The van der Waals surface area contributed by atoms with Crippen LogP contribution in [0.15, 0.2) is 17.3 Å². The molecular weight excluding hydrogens is 186 g/mol. The van der Waals surface area contributed by atoms with E-state index >= 15 is 0 Å². The molecule has 0 aromatic carbocycles. The van der Waals surface area contributed by atoms with Crippen LogP contribution in [0.4, 0.5) is 0 Å². The maximum atomic E-state index is 8.54. The average molecular weight is 209 g/mol. The van der Waals surface area contributed by atoms with E-state index in [0.717, 1.165) is 6.42 Å². The van der Waals surface area contributed by atoms with E-state index in [9.17, 15) is 0 Å². The highest BCUT2D eigenvalue weighted by Crippen LogP contribution is 2.15. The third-order valence-electron chi connectivity index (χ3n) is 3.05. The van der Waals surface area contributed by atoms with Gasteiger partial charge in [0, 0.05) is 5.92 Å². The van der Waals surface area contributed by atoms with Gasteiger partial charge in [0.1, 0.15) is 0 Å². The topological polar surface area (TPSA) is 32.6 Å². The van der Waals surface area contributed by atoms with Crippen molar-refractivity contribution >= 4 is 6.21 Å². The summed E-state index contributed by atoms with van der Waals surface area (Å²) < 4.78 is 0.